The summed E-state index contributed by atoms with van der Waals surface area (Å²) in [6.07, 6.45) is 0. The summed E-state index contributed by atoms with van der Waals surface area (Å²) in [5, 5.41) is 13.3. The molecule has 1 heterocycles. The molecule has 3 aromatic rings. The van der Waals surface area contributed by atoms with Gasteiger partial charge in [0.2, 0.25) is 17.5 Å². The summed E-state index contributed by atoms with van der Waals surface area (Å²) in [4.78, 5) is 6.35. The van der Waals surface area contributed by atoms with E-state index >= 15 is 0 Å². The average molecular weight is 367 g/mol. The summed E-state index contributed by atoms with van der Waals surface area (Å²) in [6.45, 7) is 0.523. The zero-order valence-corrected chi connectivity index (χ0v) is 15.4. The first kappa shape index (κ1) is 18.0. The number of oxazole rings is 1. The SMILES string of the molecule is CN(C)[C@@H](CNc1oc(-c2ccccc2)nc1C#N)c1ccccc1Cl. The number of aromatic nitrogens is 1. The van der Waals surface area contributed by atoms with Gasteiger partial charge in [0.25, 0.3) is 0 Å². The molecule has 0 radical (unpaired) electrons. The number of benzene rings is 2. The van der Waals surface area contributed by atoms with Crippen molar-refractivity contribution in [2.24, 2.45) is 0 Å². The second-order valence-electron chi connectivity index (χ2n) is 6.06. The number of nitrogens with one attached hydrogen (secondary N) is 1. The number of hydrogen-bond acceptors (Lipinski definition) is 5. The average Bonchev–Trinajstić information content (AvgIpc) is 3.07. The second kappa shape index (κ2) is 8.05. The van der Waals surface area contributed by atoms with Gasteiger partial charge in [-0.3, -0.25) is 0 Å². The second-order valence-corrected chi connectivity index (χ2v) is 6.46. The van der Waals surface area contributed by atoms with Crippen molar-refractivity contribution < 1.29 is 4.42 Å². The van der Waals surface area contributed by atoms with E-state index in [2.05, 4.69) is 21.3 Å². The van der Waals surface area contributed by atoms with Crippen LogP contribution in [0.15, 0.2) is 59.0 Å². The molecule has 132 valence electrons. The lowest BCUT2D eigenvalue weighted by atomic mass is 10.1. The van der Waals surface area contributed by atoms with Crippen LogP contribution in [0.5, 0.6) is 0 Å². The molecule has 0 saturated heterocycles. The van der Waals surface area contributed by atoms with Gasteiger partial charge in [0.15, 0.2) is 0 Å². The normalized spacial score (nSPS) is 12.0. The van der Waals surface area contributed by atoms with Crippen LogP contribution in [0.2, 0.25) is 5.02 Å². The summed E-state index contributed by atoms with van der Waals surface area (Å²) in [5.74, 6) is 0.786. The molecule has 0 aliphatic heterocycles. The Morgan fingerprint density at radius 1 is 1.15 bits per heavy atom. The third kappa shape index (κ3) is 3.88. The third-order valence-corrected chi connectivity index (χ3v) is 4.44. The zero-order chi connectivity index (χ0) is 18.5. The van der Waals surface area contributed by atoms with Crippen LogP contribution < -0.4 is 5.32 Å². The largest absolute Gasteiger partial charge is 0.419 e. The summed E-state index contributed by atoms with van der Waals surface area (Å²) >= 11 is 6.34. The first-order valence-electron chi connectivity index (χ1n) is 8.21. The molecule has 3 rings (SSSR count). The number of hydrogen-bond donors (Lipinski definition) is 1. The summed E-state index contributed by atoms with van der Waals surface area (Å²) in [7, 11) is 3.97. The third-order valence-electron chi connectivity index (χ3n) is 4.10. The van der Waals surface area contributed by atoms with E-state index in [0.717, 1.165) is 11.1 Å². The van der Waals surface area contributed by atoms with Crippen molar-refractivity contribution in [2.45, 2.75) is 6.04 Å². The number of anilines is 1. The first-order valence-corrected chi connectivity index (χ1v) is 8.59. The number of nitrogens with zero attached hydrogens (tertiary/aromatic N) is 3. The van der Waals surface area contributed by atoms with E-state index in [1.165, 1.54) is 0 Å². The molecular formula is C20H19ClN4O. The summed E-state index contributed by atoms with van der Waals surface area (Å²) in [5.41, 5.74) is 2.07. The van der Waals surface area contributed by atoms with Crippen molar-refractivity contribution in [1.29, 1.82) is 5.26 Å². The van der Waals surface area contributed by atoms with E-state index in [1.807, 2.05) is 68.7 Å². The molecular weight excluding hydrogens is 348 g/mol. The molecule has 1 aromatic heterocycles. The van der Waals surface area contributed by atoms with E-state index in [4.69, 9.17) is 16.0 Å². The number of rotatable bonds is 6. The Kier molecular flexibility index (Phi) is 5.57. The molecule has 0 amide bonds. The lowest BCUT2D eigenvalue weighted by Crippen LogP contribution is -2.27. The minimum absolute atomic E-state index is 0.0144. The van der Waals surface area contributed by atoms with Crippen molar-refractivity contribution >= 4 is 17.5 Å². The Hall–Kier alpha value is -2.81. The van der Waals surface area contributed by atoms with Crippen molar-refractivity contribution in [3.63, 3.8) is 0 Å². The van der Waals surface area contributed by atoms with Crippen LogP contribution in [-0.2, 0) is 0 Å². The van der Waals surface area contributed by atoms with E-state index in [1.54, 1.807) is 0 Å². The highest BCUT2D eigenvalue weighted by Crippen LogP contribution is 2.29. The molecule has 1 N–H and O–H groups in total. The smallest absolute Gasteiger partial charge is 0.232 e. The Morgan fingerprint density at radius 2 is 1.85 bits per heavy atom. The van der Waals surface area contributed by atoms with E-state index in [-0.39, 0.29) is 11.7 Å². The highest BCUT2D eigenvalue weighted by molar-refractivity contribution is 6.31. The fraction of sp³-hybridized carbons (Fsp3) is 0.200. The van der Waals surface area contributed by atoms with Gasteiger partial charge >= 0.3 is 0 Å². The highest BCUT2D eigenvalue weighted by atomic mass is 35.5. The van der Waals surface area contributed by atoms with Crippen molar-refractivity contribution in [3.8, 4) is 17.5 Å². The molecule has 0 spiro atoms. The van der Waals surface area contributed by atoms with Crippen LogP contribution >= 0.6 is 11.6 Å². The summed E-state index contributed by atoms with van der Waals surface area (Å²) in [6, 6.07) is 19.3. The van der Waals surface area contributed by atoms with Crippen molar-refractivity contribution in [1.82, 2.24) is 9.88 Å². The van der Waals surface area contributed by atoms with Gasteiger partial charge in [-0.1, -0.05) is 48.0 Å². The fourth-order valence-corrected chi connectivity index (χ4v) is 2.99. The Morgan fingerprint density at radius 3 is 2.50 bits per heavy atom. The Balaban J connectivity index is 1.83. The maximum absolute atomic E-state index is 9.37. The molecule has 0 saturated carbocycles. The molecule has 5 nitrogen and oxygen atoms in total. The van der Waals surface area contributed by atoms with Gasteiger partial charge in [-0.2, -0.15) is 10.2 Å². The van der Waals surface area contributed by atoms with Gasteiger partial charge in [-0.15, -0.1) is 0 Å². The molecule has 1 atom stereocenters. The van der Waals surface area contributed by atoms with Crippen LogP contribution in [0.25, 0.3) is 11.5 Å². The van der Waals surface area contributed by atoms with Crippen molar-refractivity contribution in [3.05, 3.63) is 70.9 Å². The Bertz CT molecular complexity index is 915. The van der Waals surface area contributed by atoms with Crippen molar-refractivity contribution in [2.75, 3.05) is 26.0 Å². The summed E-state index contributed by atoms with van der Waals surface area (Å²) < 4.78 is 5.79. The van der Waals surface area contributed by atoms with Gasteiger partial charge in [-0.05, 0) is 37.9 Å². The Labute approximate surface area is 157 Å². The lowest BCUT2D eigenvalue weighted by Gasteiger charge is -2.25. The zero-order valence-electron chi connectivity index (χ0n) is 14.6. The standard InChI is InChI=1S/C20H19ClN4O/c1-25(2)18(15-10-6-7-11-16(15)21)13-23-20-17(12-22)24-19(26-20)14-8-4-3-5-9-14/h3-11,18,23H,13H2,1-2H3/t18-/m0/s1. The van der Waals surface area contributed by atoms with Crippen LogP contribution in [0, 0.1) is 11.3 Å². The van der Waals surface area contributed by atoms with E-state index in [0.29, 0.717) is 23.3 Å². The minimum atomic E-state index is 0.0144. The monoisotopic (exact) mass is 366 g/mol. The van der Waals surface area contributed by atoms with Gasteiger partial charge in [0.05, 0.1) is 6.04 Å². The maximum atomic E-state index is 9.37. The maximum Gasteiger partial charge on any atom is 0.232 e. The highest BCUT2D eigenvalue weighted by Gasteiger charge is 2.20. The van der Waals surface area contributed by atoms with Gasteiger partial charge in [0, 0.05) is 17.1 Å². The number of halogens is 1. The molecule has 6 heteroatoms. The van der Waals surface area contributed by atoms with Crippen LogP contribution in [0.1, 0.15) is 17.3 Å². The van der Waals surface area contributed by atoms with Gasteiger partial charge in [-0.25, -0.2) is 0 Å². The topological polar surface area (TPSA) is 65.1 Å². The molecule has 2 aromatic carbocycles. The minimum Gasteiger partial charge on any atom is -0.419 e. The lowest BCUT2D eigenvalue weighted by molar-refractivity contribution is 0.310. The number of likely N-dealkylation sites (N-methyl/N-ethyl adjacent to an activating group) is 1. The molecule has 0 bridgehead atoms. The van der Waals surface area contributed by atoms with Crippen LogP contribution in [-0.4, -0.2) is 30.5 Å². The molecule has 0 aliphatic rings. The molecule has 0 fully saturated rings. The van der Waals surface area contributed by atoms with Gasteiger partial charge in [0.1, 0.15) is 6.07 Å². The molecule has 26 heavy (non-hydrogen) atoms. The number of nitriles is 1. The van der Waals surface area contributed by atoms with E-state index in [9.17, 15) is 5.26 Å². The fourth-order valence-electron chi connectivity index (χ4n) is 2.73. The quantitative estimate of drug-likeness (QED) is 0.691. The predicted molar refractivity (Wildman–Crippen MR) is 103 cm³/mol. The molecule has 0 unspecified atom stereocenters. The van der Waals surface area contributed by atoms with Crippen LogP contribution in [0.3, 0.4) is 0 Å². The predicted octanol–water partition coefficient (Wildman–Crippen LogP) is 4.58. The van der Waals surface area contributed by atoms with Gasteiger partial charge < -0.3 is 14.6 Å². The van der Waals surface area contributed by atoms with E-state index < -0.39 is 0 Å². The first-order chi connectivity index (χ1) is 12.6. The van der Waals surface area contributed by atoms with Crippen LogP contribution in [0.4, 0.5) is 5.88 Å². The molecule has 0 aliphatic carbocycles.